The highest BCUT2D eigenvalue weighted by Crippen LogP contribution is 2.21. The first-order chi connectivity index (χ1) is 12.2. The Morgan fingerprint density at radius 3 is 2.60 bits per heavy atom. The van der Waals surface area contributed by atoms with Crippen molar-refractivity contribution >= 4 is 23.2 Å². The number of amides is 1. The van der Waals surface area contributed by atoms with Gasteiger partial charge in [-0.3, -0.25) is 4.79 Å². The van der Waals surface area contributed by atoms with E-state index in [-0.39, 0.29) is 17.5 Å². The number of nitrogens with zero attached hydrogens (tertiary/aromatic N) is 3. The lowest BCUT2D eigenvalue weighted by Crippen LogP contribution is -2.44. The van der Waals surface area contributed by atoms with E-state index in [9.17, 15) is 10.1 Å². The molecule has 5 nitrogen and oxygen atoms in total. The van der Waals surface area contributed by atoms with Crippen LogP contribution in [0.15, 0.2) is 36.0 Å². The summed E-state index contributed by atoms with van der Waals surface area (Å²) in [6.07, 6.45) is 6.05. The number of halogens is 1. The van der Waals surface area contributed by atoms with E-state index in [1.165, 1.54) is 0 Å². The van der Waals surface area contributed by atoms with Gasteiger partial charge in [0.1, 0.15) is 11.6 Å². The average molecular weight is 359 g/mol. The second-order valence-electron chi connectivity index (χ2n) is 6.61. The van der Waals surface area contributed by atoms with Crippen LogP contribution in [0.4, 0.5) is 5.69 Å². The molecule has 1 aliphatic heterocycles. The molecule has 1 saturated carbocycles. The Morgan fingerprint density at radius 2 is 1.96 bits per heavy atom. The van der Waals surface area contributed by atoms with Crippen molar-refractivity contribution in [1.82, 2.24) is 10.2 Å². The summed E-state index contributed by atoms with van der Waals surface area (Å²) in [6, 6.07) is 10.1. The van der Waals surface area contributed by atoms with Crippen molar-refractivity contribution in [2.75, 3.05) is 31.1 Å². The standard InChI is InChI=1S/C19H23ClN4O/c20-16-4-3-7-18(12-16)24-10-8-23(9-11-24)14-15(13-21)19(25)22-17-5-1-2-6-17/h3-4,7,12,14,17H,1-2,5-6,8-11H2,(H,22,25)/b15-14-. The summed E-state index contributed by atoms with van der Waals surface area (Å²) in [6.45, 7) is 3.21. The third-order valence-corrected chi connectivity index (χ3v) is 5.09. The van der Waals surface area contributed by atoms with Crippen LogP contribution in [0.2, 0.25) is 5.02 Å². The number of nitriles is 1. The molecule has 0 atom stereocenters. The number of anilines is 1. The maximum absolute atomic E-state index is 12.3. The lowest BCUT2D eigenvalue weighted by atomic mass is 10.2. The van der Waals surface area contributed by atoms with E-state index in [0.717, 1.165) is 62.6 Å². The molecule has 1 aromatic carbocycles. The van der Waals surface area contributed by atoms with Crippen LogP contribution >= 0.6 is 11.6 Å². The SMILES string of the molecule is N#C/C(=C/N1CCN(c2cccc(Cl)c2)CC1)C(=O)NC1CCCC1. The first-order valence-corrected chi connectivity index (χ1v) is 9.21. The molecule has 2 fully saturated rings. The topological polar surface area (TPSA) is 59.4 Å². The van der Waals surface area contributed by atoms with Crippen molar-refractivity contribution in [2.45, 2.75) is 31.7 Å². The van der Waals surface area contributed by atoms with Crippen molar-refractivity contribution in [3.63, 3.8) is 0 Å². The quantitative estimate of drug-likeness (QED) is 0.664. The van der Waals surface area contributed by atoms with E-state index in [4.69, 9.17) is 11.6 Å². The number of nitrogens with one attached hydrogen (secondary N) is 1. The molecule has 3 rings (SSSR count). The monoisotopic (exact) mass is 358 g/mol. The smallest absolute Gasteiger partial charge is 0.263 e. The third kappa shape index (κ3) is 4.67. The minimum Gasteiger partial charge on any atom is -0.373 e. The molecule has 1 heterocycles. The number of piperazine rings is 1. The Kier molecular flexibility index (Phi) is 5.83. The van der Waals surface area contributed by atoms with E-state index in [1.54, 1.807) is 6.20 Å². The molecule has 25 heavy (non-hydrogen) atoms. The zero-order chi connectivity index (χ0) is 17.6. The van der Waals surface area contributed by atoms with Gasteiger partial charge in [0.25, 0.3) is 5.91 Å². The number of carbonyl (C=O) groups excluding carboxylic acids is 1. The molecule has 0 bridgehead atoms. The molecule has 0 spiro atoms. The molecule has 2 aliphatic rings. The molecule has 132 valence electrons. The molecule has 0 unspecified atom stereocenters. The van der Waals surface area contributed by atoms with Crippen LogP contribution in [0.1, 0.15) is 25.7 Å². The van der Waals surface area contributed by atoms with Crippen LogP contribution in [-0.4, -0.2) is 43.0 Å². The number of hydrogen-bond donors (Lipinski definition) is 1. The van der Waals surface area contributed by atoms with Crippen LogP contribution < -0.4 is 10.2 Å². The maximum atomic E-state index is 12.3. The van der Waals surface area contributed by atoms with Gasteiger partial charge in [-0.1, -0.05) is 30.5 Å². The van der Waals surface area contributed by atoms with Gasteiger partial charge in [0.15, 0.2) is 0 Å². The van der Waals surface area contributed by atoms with Crippen molar-refractivity contribution in [1.29, 1.82) is 5.26 Å². The predicted molar refractivity (Wildman–Crippen MR) is 99.3 cm³/mol. The summed E-state index contributed by atoms with van der Waals surface area (Å²) >= 11 is 6.06. The lowest BCUT2D eigenvalue weighted by Gasteiger charge is -2.35. The summed E-state index contributed by atoms with van der Waals surface area (Å²) in [7, 11) is 0. The molecular formula is C19H23ClN4O. The highest BCUT2D eigenvalue weighted by molar-refractivity contribution is 6.30. The van der Waals surface area contributed by atoms with Gasteiger partial charge in [-0.2, -0.15) is 5.26 Å². The van der Waals surface area contributed by atoms with Crippen molar-refractivity contribution in [2.24, 2.45) is 0 Å². The van der Waals surface area contributed by atoms with Gasteiger partial charge in [-0.05, 0) is 31.0 Å². The number of hydrogen-bond acceptors (Lipinski definition) is 4. The molecule has 1 aliphatic carbocycles. The van der Waals surface area contributed by atoms with E-state index in [2.05, 4.69) is 10.2 Å². The molecule has 0 aromatic heterocycles. The zero-order valence-corrected chi connectivity index (χ0v) is 15.0. The molecule has 1 saturated heterocycles. The molecule has 1 aromatic rings. The van der Waals surface area contributed by atoms with Crippen LogP contribution in [0.3, 0.4) is 0 Å². The average Bonchev–Trinajstić information content (AvgIpc) is 3.13. The summed E-state index contributed by atoms with van der Waals surface area (Å²) in [5, 5.41) is 13.0. The molecular weight excluding hydrogens is 336 g/mol. The van der Waals surface area contributed by atoms with Gasteiger partial charge in [-0.15, -0.1) is 0 Å². The fraction of sp³-hybridized carbons (Fsp3) is 0.474. The fourth-order valence-electron chi connectivity index (χ4n) is 3.44. The summed E-state index contributed by atoms with van der Waals surface area (Å²) in [4.78, 5) is 16.6. The zero-order valence-electron chi connectivity index (χ0n) is 14.2. The summed E-state index contributed by atoms with van der Waals surface area (Å²) in [5.74, 6) is -0.244. The Morgan fingerprint density at radius 1 is 1.24 bits per heavy atom. The van der Waals surface area contributed by atoms with Gasteiger partial charge in [0, 0.05) is 49.1 Å². The van der Waals surface area contributed by atoms with Gasteiger partial charge in [0.2, 0.25) is 0 Å². The van der Waals surface area contributed by atoms with Gasteiger partial charge >= 0.3 is 0 Å². The second kappa shape index (κ2) is 8.26. The Balaban J connectivity index is 1.56. The van der Waals surface area contributed by atoms with Gasteiger partial charge in [-0.25, -0.2) is 0 Å². The first-order valence-electron chi connectivity index (χ1n) is 8.83. The van der Waals surface area contributed by atoms with Crippen LogP contribution in [0.25, 0.3) is 0 Å². The predicted octanol–water partition coefficient (Wildman–Crippen LogP) is 2.93. The third-order valence-electron chi connectivity index (χ3n) is 4.85. The lowest BCUT2D eigenvalue weighted by molar-refractivity contribution is -0.117. The van der Waals surface area contributed by atoms with Crippen molar-refractivity contribution < 1.29 is 4.79 Å². The van der Waals surface area contributed by atoms with E-state index >= 15 is 0 Å². The van der Waals surface area contributed by atoms with Crippen LogP contribution in [0.5, 0.6) is 0 Å². The van der Waals surface area contributed by atoms with Crippen molar-refractivity contribution in [3.05, 3.63) is 41.1 Å². The number of rotatable bonds is 4. The number of benzene rings is 1. The Hall–Kier alpha value is -2.19. The minimum absolute atomic E-state index is 0.197. The van der Waals surface area contributed by atoms with E-state index in [1.807, 2.05) is 35.2 Å². The summed E-state index contributed by atoms with van der Waals surface area (Å²) in [5.41, 5.74) is 1.30. The number of carbonyl (C=O) groups is 1. The highest BCUT2D eigenvalue weighted by Gasteiger charge is 2.21. The first kappa shape index (κ1) is 17.6. The summed E-state index contributed by atoms with van der Waals surface area (Å²) < 4.78 is 0. The van der Waals surface area contributed by atoms with E-state index < -0.39 is 0 Å². The molecule has 1 amide bonds. The van der Waals surface area contributed by atoms with Crippen molar-refractivity contribution in [3.8, 4) is 6.07 Å². The Labute approximate surface area is 153 Å². The minimum atomic E-state index is -0.244. The molecule has 0 radical (unpaired) electrons. The van der Waals surface area contributed by atoms with E-state index in [0.29, 0.717) is 0 Å². The molecule has 1 N–H and O–H groups in total. The molecule has 6 heteroatoms. The fourth-order valence-corrected chi connectivity index (χ4v) is 3.62. The van der Waals surface area contributed by atoms with Crippen LogP contribution in [0, 0.1) is 11.3 Å². The highest BCUT2D eigenvalue weighted by atomic mass is 35.5. The maximum Gasteiger partial charge on any atom is 0.263 e. The van der Waals surface area contributed by atoms with Crippen LogP contribution in [-0.2, 0) is 4.79 Å². The largest absolute Gasteiger partial charge is 0.373 e. The Bertz CT molecular complexity index is 683. The van der Waals surface area contributed by atoms with Gasteiger partial charge in [0.05, 0.1) is 0 Å². The normalized spacial score (nSPS) is 19.0. The second-order valence-corrected chi connectivity index (χ2v) is 7.05. The van der Waals surface area contributed by atoms with Gasteiger partial charge < -0.3 is 15.1 Å².